The van der Waals surface area contributed by atoms with Crippen LogP contribution in [0.3, 0.4) is 0 Å². The molecule has 0 radical (unpaired) electrons. The molecule has 0 bridgehead atoms. The van der Waals surface area contributed by atoms with Crippen LogP contribution in [0.5, 0.6) is 0 Å². The zero-order chi connectivity index (χ0) is 23.5. The maximum Gasteiger partial charge on any atom is 0.272 e. The molecule has 0 fully saturated rings. The lowest BCUT2D eigenvalue weighted by atomic mass is 9.99. The number of amides is 1. The molecule has 4 aromatic rings. The number of aryl methyl sites for hydroxylation is 1. The van der Waals surface area contributed by atoms with E-state index in [1.165, 1.54) is 0 Å². The van der Waals surface area contributed by atoms with Gasteiger partial charge in [0.2, 0.25) is 0 Å². The monoisotopic (exact) mass is 442 g/mol. The summed E-state index contributed by atoms with van der Waals surface area (Å²) in [7, 11) is 0. The lowest BCUT2D eigenvalue weighted by Gasteiger charge is -2.20. The summed E-state index contributed by atoms with van der Waals surface area (Å²) >= 11 is 0. The molecular formula is C26H26N4O3. The minimum absolute atomic E-state index is 0.0726. The Bertz CT molecular complexity index is 1380. The van der Waals surface area contributed by atoms with E-state index in [1.807, 2.05) is 51.1 Å². The fourth-order valence-electron chi connectivity index (χ4n) is 3.92. The van der Waals surface area contributed by atoms with Crippen molar-refractivity contribution in [2.24, 2.45) is 0 Å². The number of benzene rings is 1. The van der Waals surface area contributed by atoms with Crippen molar-refractivity contribution >= 4 is 22.6 Å². The molecule has 3 aromatic heterocycles. The van der Waals surface area contributed by atoms with Crippen molar-refractivity contribution in [1.82, 2.24) is 15.3 Å². The van der Waals surface area contributed by atoms with Crippen molar-refractivity contribution in [1.29, 1.82) is 0 Å². The zero-order valence-electron chi connectivity index (χ0n) is 19.1. The van der Waals surface area contributed by atoms with E-state index in [-0.39, 0.29) is 17.4 Å². The minimum atomic E-state index is -0.266. The second kappa shape index (κ2) is 9.24. The highest BCUT2D eigenvalue weighted by Gasteiger charge is 2.20. The molecule has 0 aliphatic rings. The molecule has 7 heteroatoms. The van der Waals surface area contributed by atoms with Crippen LogP contribution in [0.1, 0.15) is 47.1 Å². The largest absolute Gasteiger partial charge is 0.455 e. The van der Waals surface area contributed by atoms with Gasteiger partial charge in [0.1, 0.15) is 11.3 Å². The third kappa shape index (κ3) is 4.35. The van der Waals surface area contributed by atoms with Crippen LogP contribution in [-0.4, -0.2) is 22.4 Å². The Labute approximate surface area is 191 Å². The summed E-state index contributed by atoms with van der Waals surface area (Å²) in [5, 5.41) is 6.69. The Morgan fingerprint density at radius 2 is 1.94 bits per heavy atom. The molecule has 3 heterocycles. The number of nitrogens with zero attached hydrogens (tertiary/aromatic N) is 2. The summed E-state index contributed by atoms with van der Waals surface area (Å²) in [6.07, 6.45) is 4.95. The molecule has 168 valence electrons. The maximum absolute atomic E-state index is 13.3. The Hall–Kier alpha value is -4.00. The fraction of sp³-hybridized carbons (Fsp3) is 0.231. The smallest absolute Gasteiger partial charge is 0.272 e. The fourth-order valence-corrected chi connectivity index (χ4v) is 3.92. The van der Waals surface area contributed by atoms with E-state index in [2.05, 4.69) is 20.6 Å². The number of carbonyl (C=O) groups is 1. The van der Waals surface area contributed by atoms with Gasteiger partial charge in [-0.05, 0) is 63.6 Å². The number of anilines is 1. The van der Waals surface area contributed by atoms with Gasteiger partial charge in [0.05, 0.1) is 17.1 Å². The summed E-state index contributed by atoms with van der Waals surface area (Å²) in [5.74, 6) is 0.255. The van der Waals surface area contributed by atoms with Crippen LogP contribution in [0.4, 0.5) is 5.69 Å². The average molecular weight is 443 g/mol. The molecule has 0 spiro atoms. The molecule has 7 nitrogen and oxygen atoms in total. The molecule has 0 saturated heterocycles. The van der Waals surface area contributed by atoms with E-state index in [9.17, 15) is 9.59 Å². The highest BCUT2D eigenvalue weighted by molar-refractivity contribution is 5.97. The van der Waals surface area contributed by atoms with Gasteiger partial charge < -0.3 is 15.1 Å². The molecule has 0 saturated carbocycles. The van der Waals surface area contributed by atoms with Crippen molar-refractivity contribution < 1.29 is 9.21 Å². The second-order valence-electron chi connectivity index (χ2n) is 7.98. The lowest BCUT2D eigenvalue weighted by molar-refractivity contribution is 0.0951. The third-order valence-electron chi connectivity index (χ3n) is 5.51. The Kier molecular flexibility index (Phi) is 6.22. The number of hydrogen-bond acceptors (Lipinski definition) is 6. The van der Waals surface area contributed by atoms with Crippen molar-refractivity contribution in [3.05, 3.63) is 87.6 Å². The van der Waals surface area contributed by atoms with Crippen molar-refractivity contribution in [2.75, 3.05) is 11.9 Å². The third-order valence-corrected chi connectivity index (χ3v) is 5.51. The topological polar surface area (TPSA) is 97.1 Å². The summed E-state index contributed by atoms with van der Waals surface area (Å²) < 4.78 is 6.35. The number of hydrogen-bond donors (Lipinski definition) is 2. The first-order valence-electron chi connectivity index (χ1n) is 10.9. The van der Waals surface area contributed by atoms with E-state index in [0.717, 1.165) is 16.7 Å². The first-order chi connectivity index (χ1) is 15.9. The van der Waals surface area contributed by atoms with E-state index in [1.54, 1.807) is 31.6 Å². The summed E-state index contributed by atoms with van der Waals surface area (Å²) in [5.41, 5.74) is 4.41. The number of fused-ring (bicyclic) bond motifs is 1. The van der Waals surface area contributed by atoms with Gasteiger partial charge in [-0.1, -0.05) is 6.07 Å². The van der Waals surface area contributed by atoms with Crippen molar-refractivity contribution in [2.45, 2.75) is 33.7 Å². The van der Waals surface area contributed by atoms with Crippen molar-refractivity contribution in [3.8, 4) is 11.3 Å². The van der Waals surface area contributed by atoms with Gasteiger partial charge in [-0.15, -0.1) is 0 Å². The van der Waals surface area contributed by atoms with Crippen LogP contribution in [0.25, 0.3) is 22.3 Å². The quantitative estimate of drug-likeness (QED) is 0.446. The van der Waals surface area contributed by atoms with Crippen molar-refractivity contribution in [3.63, 3.8) is 0 Å². The van der Waals surface area contributed by atoms with Gasteiger partial charge in [0, 0.05) is 41.8 Å². The predicted octanol–water partition coefficient (Wildman–Crippen LogP) is 4.79. The van der Waals surface area contributed by atoms with Gasteiger partial charge in [-0.3, -0.25) is 14.6 Å². The highest BCUT2D eigenvalue weighted by Crippen LogP contribution is 2.32. The van der Waals surface area contributed by atoms with Crippen LogP contribution in [-0.2, 0) is 0 Å². The van der Waals surface area contributed by atoms with E-state index in [4.69, 9.17) is 4.42 Å². The summed E-state index contributed by atoms with van der Waals surface area (Å²) in [6, 6.07) is 10.8. The molecule has 0 unspecified atom stereocenters. The number of nitrogens with one attached hydrogen (secondary N) is 2. The molecule has 2 N–H and O–H groups in total. The first-order valence-corrected chi connectivity index (χ1v) is 10.9. The van der Waals surface area contributed by atoms with E-state index < -0.39 is 0 Å². The molecular weight excluding hydrogens is 416 g/mol. The Morgan fingerprint density at radius 3 is 2.67 bits per heavy atom. The molecule has 4 rings (SSSR count). The maximum atomic E-state index is 13.3. The highest BCUT2D eigenvalue weighted by atomic mass is 16.3. The molecule has 0 aliphatic heterocycles. The average Bonchev–Trinajstić information content (AvgIpc) is 2.82. The molecule has 1 aromatic carbocycles. The number of carbonyl (C=O) groups excluding carboxylic acids is 1. The molecule has 1 amide bonds. The minimum Gasteiger partial charge on any atom is -0.455 e. The van der Waals surface area contributed by atoms with Gasteiger partial charge in [0.25, 0.3) is 5.91 Å². The molecule has 1 atom stereocenters. The van der Waals surface area contributed by atoms with Gasteiger partial charge in [0.15, 0.2) is 11.1 Å². The standard InChI is InChI=1S/C26H26N4O3/c1-5-28-26(32)22-21(9-7-11-29-22)30-17(4)19-12-15(2)13-20-23(31)16(3)24(33-25(19)20)18-8-6-10-27-14-18/h6-14,17,30H,5H2,1-4H3,(H,28,32)/t17-/m1/s1. The predicted molar refractivity (Wildman–Crippen MR) is 129 cm³/mol. The molecule has 0 aliphatic carbocycles. The SMILES string of the molecule is CCNC(=O)c1ncccc1N[C@H](C)c1cc(C)cc2c(=O)c(C)c(-c3cccnc3)oc12. The van der Waals surface area contributed by atoms with Crippen LogP contribution in [0.2, 0.25) is 0 Å². The lowest BCUT2D eigenvalue weighted by Crippen LogP contribution is -2.25. The normalized spacial score (nSPS) is 11.9. The summed E-state index contributed by atoms with van der Waals surface area (Å²) in [4.78, 5) is 34.1. The molecule has 33 heavy (non-hydrogen) atoms. The van der Waals surface area contributed by atoms with Crippen LogP contribution in [0, 0.1) is 13.8 Å². The first kappa shape index (κ1) is 22.2. The van der Waals surface area contributed by atoms with Crippen LogP contribution >= 0.6 is 0 Å². The number of aromatic nitrogens is 2. The van der Waals surface area contributed by atoms with Gasteiger partial charge in [-0.2, -0.15) is 0 Å². The van der Waals surface area contributed by atoms with E-state index in [0.29, 0.717) is 40.2 Å². The van der Waals surface area contributed by atoms with Crippen LogP contribution < -0.4 is 16.1 Å². The Balaban J connectivity index is 1.84. The van der Waals surface area contributed by atoms with E-state index >= 15 is 0 Å². The second-order valence-corrected chi connectivity index (χ2v) is 7.98. The number of pyridine rings is 2. The van der Waals surface area contributed by atoms with Gasteiger partial charge >= 0.3 is 0 Å². The summed E-state index contributed by atoms with van der Waals surface area (Å²) in [6.45, 7) is 8.05. The Morgan fingerprint density at radius 1 is 1.15 bits per heavy atom. The zero-order valence-corrected chi connectivity index (χ0v) is 19.1. The van der Waals surface area contributed by atoms with Gasteiger partial charge in [-0.25, -0.2) is 4.98 Å². The van der Waals surface area contributed by atoms with Crippen LogP contribution in [0.15, 0.2) is 64.2 Å². The number of rotatable bonds is 6.